The Balaban J connectivity index is 1.46. The Bertz CT molecular complexity index is 1070. The predicted octanol–water partition coefficient (Wildman–Crippen LogP) is 2.27. The van der Waals surface area contributed by atoms with Gasteiger partial charge >= 0.3 is 5.97 Å². The summed E-state index contributed by atoms with van der Waals surface area (Å²) in [6.45, 7) is 4.95. The third-order valence-electron chi connectivity index (χ3n) is 5.26. The standard InChI is InChI=1S/C19H22N6O3S2/c1-3-16-21-15(10-30-16)17(26)24-5-4-19(11-24,18(27)28)6-13-7-25(23-22-13)8-14-9-29-12(2)20-14/h7,9-10H,3-6,8,11H2,1-2H3,(H,27,28). The Hall–Kier alpha value is -2.66. The van der Waals surface area contributed by atoms with Gasteiger partial charge in [0.05, 0.1) is 33.4 Å². The summed E-state index contributed by atoms with van der Waals surface area (Å²) in [5.41, 5.74) is 0.814. The second-order valence-electron chi connectivity index (χ2n) is 7.48. The van der Waals surface area contributed by atoms with Crippen molar-refractivity contribution in [2.24, 2.45) is 5.41 Å². The largest absolute Gasteiger partial charge is 0.481 e. The number of aromatic nitrogens is 5. The molecule has 3 aromatic rings. The summed E-state index contributed by atoms with van der Waals surface area (Å²) in [6.07, 6.45) is 3.13. The van der Waals surface area contributed by atoms with Gasteiger partial charge in [0.25, 0.3) is 5.91 Å². The van der Waals surface area contributed by atoms with Crippen LogP contribution in [0, 0.1) is 12.3 Å². The number of carboxylic acid groups (broad SMARTS) is 1. The Labute approximate surface area is 181 Å². The highest BCUT2D eigenvalue weighted by Crippen LogP contribution is 2.35. The SMILES string of the molecule is CCc1nc(C(=O)N2CCC(Cc3cn(Cc4csc(C)n4)nn3)(C(=O)O)C2)cs1. The number of likely N-dealkylation sites (tertiary alicyclic amines) is 1. The normalized spacial score (nSPS) is 18.8. The number of nitrogens with zero attached hydrogens (tertiary/aromatic N) is 6. The van der Waals surface area contributed by atoms with Gasteiger partial charge in [-0.25, -0.2) is 14.6 Å². The van der Waals surface area contributed by atoms with E-state index in [1.807, 2.05) is 19.2 Å². The van der Waals surface area contributed by atoms with Crippen LogP contribution in [0.1, 0.15) is 45.2 Å². The van der Waals surface area contributed by atoms with Crippen LogP contribution in [0.2, 0.25) is 0 Å². The van der Waals surface area contributed by atoms with Gasteiger partial charge < -0.3 is 10.0 Å². The van der Waals surface area contributed by atoms with Gasteiger partial charge in [-0.05, 0) is 19.8 Å². The van der Waals surface area contributed by atoms with Gasteiger partial charge in [0, 0.05) is 36.5 Å². The monoisotopic (exact) mass is 446 g/mol. The van der Waals surface area contributed by atoms with E-state index >= 15 is 0 Å². The van der Waals surface area contributed by atoms with Gasteiger partial charge in [-0.15, -0.1) is 27.8 Å². The zero-order valence-corrected chi connectivity index (χ0v) is 18.4. The molecule has 0 spiro atoms. The van der Waals surface area contributed by atoms with E-state index in [2.05, 4.69) is 20.3 Å². The van der Waals surface area contributed by atoms with Crippen molar-refractivity contribution in [1.82, 2.24) is 29.9 Å². The topological polar surface area (TPSA) is 114 Å². The van der Waals surface area contributed by atoms with Crippen LogP contribution >= 0.6 is 22.7 Å². The summed E-state index contributed by atoms with van der Waals surface area (Å²) in [6, 6.07) is 0. The molecule has 4 heterocycles. The molecule has 1 aliphatic rings. The minimum absolute atomic E-state index is 0.137. The third-order valence-corrected chi connectivity index (χ3v) is 7.08. The maximum absolute atomic E-state index is 12.8. The molecule has 3 aromatic heterocycles. The second-order valence-corrected chi connectivity index (χ2v) is 9.49. The third kappa shape index (κ3) is 4.12. The minimum atomic E-state index is -1.07. The molecular formula is C19H22N6O3S2. The van der Waals surface area contributed by atoms with Crippen LogP contribution < -0.4 is 0 Å². The van der Waals surface area contributed by atoms with Crippen LogP contribution in [0.4, 0.5) is 0 Å². The summed E-state index contributed by atoms with van der Waals surface area (Å²) >= 11 is 3.02. The minimum Gasteiger partial charge on any atom is -0.481 e. The molecule has 9 nitrogen and oxygen atoms in total. The van der Waals surface area contributed by atoms with Crippen molar-refractivity contribution in [2.45, 2.75) is 39.7 Å². The van der Waals surface area contributed by atoms with Gasteiger partial charge in [-0.2, -0.15) is 0 Å². The highest BCUT2D eigenvalue weighted by Gasteiger charge is 2.47. The molecule has 1 atom stereocenters. The number of carboxylic acids is 1. The second kappa shape index (κ2) is 8.23. The van der Waals surface area contributed by atoms with E-state index in [1.165, 1.54) is 11.3 Å². The van der Waals surface area contributed by atoms with E-state index in [9.17, 15) is 14.7 Å². The van der Waals surface area contributed by atoms with E-state index in [1.54, 1.807) is 32.5 Å². The molecule has 1 unspecified atom stereocenters. The van der Waals surface area contributed by atoms with E-state index < -0.39 is 11.4 Å². The number of hydrogen-bond acceptors (Lipinski definition) is 8. The number of carbonyl (C=O) groups is 2. The molecule has 0 aromatic carbocycles. The first-order chi connectivity index (χ1) is 14.4. The zero-order chi connectivity index (χ0) is 21.3. The van der Waals surface area contributed by atoms with Crippen molar-refractivity contribution in [3.63, 3.8) is 0 Å². The van der Waals surface area contributed by atoms with Gasteiger partial charge in [0.1, 0.15) is 5.69 Å². The van der Waals surface area contributed by atoms with Crippen LogP contribution in [0.15, 0.2) is 17.0 Å². The Morgan fingerprint density at radius 2 is 2.07 bits per heavy atom. The Morgan fingerprint density at radius 1 is 1.23 bits per heavy atom. The number of rotatable bonds is 7. The van der Waals surface area contributed by atoms with Crippen molar-refractivity contribution in [1.29, 1.82) is 0 Å². The van der Waals surface area contributed by atoms with E-state index in [-0.39, 0.29) is 18.9 Å². The first kappa shape index (κ1) is 20.6. The van der Waals surface area contributed by atoms with Crippen LogP contribution in [0.3, 0.4) is 0 Å². The predicted molar refractivity (Wildman–Crippen MR) is 112 cm³/mol. The molecule has 1 fully saturated rings. The van der Waals surface area contributed by atoms with Gasteiger partial charge in [0.15, 0.2) is 0 Å². The number of carbonyl (C=O) groups excluding carboxylic acids is 1. The fourth-order valence-electron chi connectivity index (χ4n) is 3.66. The summed E-state index contributed by atoms with van der Waals surface area (Å²) in [5, 5.41) is 23.8. The van der Waals surface area contributed by atoms with Gasteiger partial charge in [-0.1, -0.05) is 12.1 Å². The van der Waals surface area contributed by atoms with Crippen LogP contribution in [0.25, 0.3) is 0 Å². The molecule has 0 aliphatic carbocycles. The van der Waals surface area contributed by atoms with Crippen molar-refractivity contribution in [2.75, 3.05) is 13.1 Å². The number of aryl methyl sites for hydroxylation is 2. The smallest absolute Gasteiger partial charge is 0.311 e. The maximum Gasteiger partial charge on any atom is 0.311 e. The van der Waals surface area contributed by atoms with E-state index in [0.717, 1.165) is 22.1 Å². The average molecular weight is 447 g/mol. The number of thiazole rings is 2. The number of amides is 1. The highest BCUT2D eigenvalue weighted by molar-refractivity contribution is 7.10. The lowest BCUT2D eigenvalue weighted by Crippen LogP contribution is -2.38. The molecule has 1 amide bonds. The van der Waals surface area contributed by atoms with Gasteiger partial charge in [-0.3, -0.25) is 9.59 Å². The molecular weight excluding hydrogens is 424 g/mol. The average Bonchev–Trinajstić information content (AvgIpc) is 3.50. The number of hydrogen-bond donors (Lipinski definition) is 1. The molecule has 1 aliphatic heterocycles. The van der Waals surface area contributed by atoms with Crippen molar-refractivity contribution in [3.05, 3.63) is 44.1 Å². The summed E-state index contributed by atoms with van der Waals surface area (Å²) in [4.78, 5) is 35.3. The molecule has 1 N–H and O–H groups in total. The molecule has 4 rings (SSSR count). The summed E-state index contributed by atoms with van der Waals surface area (Å²) in [7, 11) is 0. The van der Waals surface area contributed by atoms with Crippen LogP contribution in [-0.4, -0.2) is 59.9 Å². The first-order valence-electron chi connectivity index (χ1n) is 9.65. The van der Waals surface area contributed by atoms with E-state index in [4.69, 9.17) is 0 Å². The summed E-state index contributed by atoms with van der Waals surface area (Å²) in [5.74, 6) is -1.13. The highest BCUT2D eigenvalue weighted by atomic mass is 32.1. The van der Waals surface area contributed by atoms with Crippen molar-refractivity contribution >= 4 is 34.6 Å². The molecule has 158 valence electrons. The summed E-state index contributed by atoms with van der Waals surface area (Å²) < 4.78 is 1.67. The molecule has 0 bridgehead atoms. The Kier molecular flexibility index (Phi) is 5.65. The Morgan fingerprint density at radius 3 is 2.73 bits per heavy atom. The van der Waals surface area contributed by atoms with Gasteiger partial charge in [0.2, 0.25) is 0 Å². The van der Waals surface area contributed by atoms with Crippen LogP contribution in [0.5, 0.6) is 0 Å². The molecule has 0 saturated carbocycles. The fourth-order valence-corrected chi connectivity index (χ4v) is 4.99. The van der Waals surface area contributed by atoms with Crippen molar-refractivity contribution in [3.8, 4) is 0 Å². The molecule has 11 heteroatoms. The number of aliphatic carboxylic acids is 1. The molecule has 30 heavy (non-hydrogen) atoms. The first-order valence-corrected chi connectivity index (χ1v) is 11.4. The van der Waals surface area contributed by atoms with Crippen LogP contribution in [-0.2, 0) is 24.2 Å². The van der Waals surface area contributed by atoms with E-state index in [0.29, 0.717) is 30.9 Å². The lowest BCUT2D eigenvalue weighted by atomic mass is 9.82. The molecule has 1 saturated heterocycles. The maximum atomic E-state index is 12.8. The lowest BCUT2D eigenvalue weighted by Gasteiger charge is -2.23. The zero-order valence-electron chi connectivity index (χ0n) is 16.7. The fraction of sp³-hybridized carbons (Fsp3) is 0.474. The quantitative estimate of drug-likeness (QED) is 0.592. The van der Waals surface area contributed by atoms with Crippen molar-refractivity contribution < 1.29 is 14.7 Å². The lowest BCUT2D eigenvalue weighted by molar-refractivity contribution is -0.148. The molecule has 0 radical (unpaired) electrons.